The van der Waals surface area contributed by atoms with Gasteiger partial charge in [0.1, 0.15) is 6.04 Å². The Balaban J connectivity index is 1.70. The largest absolute Gasteiger partial charge is 0.490 e. The van der Waals surface area contributed by atoms with E-state index in [4.69, 9.17) is 35.9 Å². The van der Waals surface area contributed by atoms with Crippen LogP contribution in [0.3, 0.4) is 0 Å². The number of anilines is 1. The summed E-state index contributed by atoms with van der Waals surface area (Å²) in [5, 5.41) is 9.23. The van der Waals surface area contributed by atoms with Crippen LogP contribution in [0.1, 0.15) is 58.7 Å². The van der Waals surface area contributed by atoms with Crippen LogP contribution in [0, 0.1) is 0 Å². The average molecular weight is 628 g/mol. The number of carbonyl (C=O) groups is 2. The second kappa shape index (κ2) is 14.7. The van der Waals surface area contributed by atoms with Gasteiger partial charge in [0.25, 0.3) is 5.91 Å². The Hall–Kier alpha value is -3.70. The van der Waals surface area contributed by atoms with Crippen LogP contribution in [0.15, 0.2) is 58.9 Å². The molecular weight excluding hydrogens is 590 g/mol. The van der Waals surface area contributed by atoms with Crippen molar-refractivity contribution in [1.29, 1.82) is 0 Å². The summed E-state index contributed by atoms with van der Waals surface area (Å²) in [5.74, 6) is 1.39. The van der Waals surface area contributed by atoms with Crippen LogP contribution in [0.4, 0.5) is 5.95 Å². The molecule has 1 amide bonds. The third-order valence-corrected chi connectivity index (χ3v) is 8.02. The van der Waals surface area contributed by atoms with Crippen molar-refractivity contribution in [2.24, 2.45) is 0 Å². The number of hydrogen-bond donors (Lipinski definition) is 1. The minimum Gasteiger partial charge on any atom is -0.490 e. The maximum atomic E-state index is 13.4. The van der Waals surface area contributed by atoms with Crippen LogP contribution < -0.4 is 14.8 Å². The van der Waals surface area contributed by atoms with Crippen molar-refractivity contribution < 1.29 is 23.8 Å². The van der Waals surface area contributed by atoms with Gasteiger partial charge in [-0.15, -0.1) is 5.10 Å². The molecule has 1 atom stereocenters. The number of hydrogen-bond acceptors (Lipinski definition) is 9. The number of likely N-dealkylation sites (N-methyl/N-ethyl adjacent to an activating group) is 1. The highest BCUT2D eigenvalue weighted by Crippen LogP contribution is 2.40. The molecular formula is C31H38ClN5O5S. The maximum Gasteiger partial charge on any atom is 0.338 e. The van der Waals surface area contributed by atoms with Crippen LogP contribution in [-0.2, 0) is 20.1 Å². The third-order valence-electron chi connectivity index (χ3n) is 6.76. The van der Waals surface area contributed by atoms with Gasteiger partial charge in [0, 0.05) is 29.6 Å². The van der Waals surface area contributed by atoms with Gasteiger partial charge in [0.05, 0.1) is 18.3 Å². The molecule has 3 aromatic rings. The number of fused-ring (bicyclic) bond motifs is 1. The van der Waals surface area contributed by atoms with Gasteiger partial charge in [-0.1, -0.05) is 47.6 Å². The lowest BCUT2D eigenvalue weighted by Gasteiger charge is -2.29. The van der Waals surface area contributed by atoms with E-state index >= 15 is 0 Å². The van der Waals surface area contributed by atoms with E-state index in [1.54, 1.807) is 15.6 Å². The first-order valence-corrected chi connectivity index (χ1v) is 15.7. The first kappa shape index (κ1) is 32.2. The van der Waals surface area contributed by atoms with E-state index in [1.165, 1.54) is 11.8 Å². The van der Waals surface area contributed by atoms with E-state index in [1.807, 2.05) is 77.9 Å². The number of esters is 1. The summed E-state index contributed by atoms with van der Waals surface area (Å²) in [6.07, 6.45) is -0.314. The Labute approximate surface area is 261 Å². The lowest BCUT2D eigenvalue weighted by Crippen LogP contribution is -2.34. The van der Waals surface area contributed by atoms with Crippen molar-refractivity contribution in [3.8, 4) is 11.5 Å². The maximum absolute atomic E-state index is 13.4. The van der Waals surface area contributed by atoms with E-state index in [0.717, 1.165) is 11.1 Å². The monoisotopic (exact) mass is 627 g/mol. The lowest BCUT2D eigenvalue weighted by atomic mass is 9.95. The van der Waals surface area contributed by atoms with Crippen LogP contribution >= 0.6 is 23.4 Å². The molecule has 0 spiro atoms. The molecule has 0 saturated heterocycles. The van der Waals surface area contributed by atoms with Gasteiger partial charge >= 0.3 is 5.97 Å². The van der Waals surface area contributed by atoms with Gasteiger partial charge in [-0.25, -0.2) is 9.48 Å². The SMILES string of the molecule is CCOc1cc(C2C(C(=O)OC(C)C)=C(C)Nc3nc(SCc4ccccc4Cl)nn32)ccc1OCC(=O)N(CC)CC. The molecule has 12 heteroatoms. The topological polar surface area (TPSA) is 108 Å². The highest BCUT2D eigenvalue weighted by atomic mass is 35.5. The average Bonchev–Trinajstić information content (AvgIpc) is 3.38. The Morgan fingerprint density at radius 1 is 1.09 bits per heavy atom. The van der Waals surface area contributed by atoms with Gasteiger partial charge in [0.2, 0.25) is 11.1 Å². The summed E-state index contributed by atoms with van der Waals surface area (Å²) < 4.78 is 19.2. The van der Waals surface area contributed by atoms with Gasteiger partial charge in [-0.3, -0.25) is 4.79 Å². The zero-order valence-electron chi connectivity index (χ0n) is 25.3. The molecule has 1 aromatic heterocycles. The van der Waals surface area contributed by atoms with Gasteiger partial charge in [-0.05, 0) is 70.9 Å². The number of amides is 1. The molecule has 2 heterocycles. The molecule has 4 rings (SSSR count). The number of thioether (sulfide) groups is 1. The summed E-state index contributed by atoms with van der Waals surface area (Å²) in [4.78, 5) is 32.4. The normalized spacial score (nSPS) is 14.3. The lowest BCUT2D eigenvalue weighted by molar-refractivity contribution is -0.143. The number of halogens is 1. The number of nitrogens with zero attached hydrogens (tertiary/aromatic N) is 4. The molecule has 0 bridgehead atoms. The smallest absolute Gasteiger partial charge is 0.338 e. The minimum atomic E-state index is -0.657. The first-order chi connectivity index (χ1) is 20.7. The summed E-state index contributed by atoms with van der Waals surface area (Å²) in [5.41, 5.74) is 2.71. The fourth-order valence-electron chi connectivity index (χ4n) is 4.69. The molecule has 0 radical (unpaired) electrons. The highest BCUT2D eigenvalue weighted by Gasteiger charge is 2.36. The van der Waals surface area contributed by atoms with Crippen LogP contribution in [0.2, 0.25) is 5.02 Å². The number of nitrogens with one attached hydrogen (secondary N) is 1. The van der Waals surface area contributed by atoms with E-state index in [-0.39, 0.29) is 18.6 Å². The van der Waals surface area contributed by atoms with E-state index in [9.17, 15) is 9.59 Å². The molecule has 2 aromatic carbocycles. The van der Waals surface area contributed by atoms with E-state index < -0.39 is 12.0 Å². The van der Waals surface area contributed by atoms with E-state index in [0.29, 0.717) is 64.3 Å². The van der Waals surface area contributed by atoms with Gasteiger partial charge in [-0.2, -0.15) is 4.98 Å². The van der Waals surface area contributed by atoms with E-state index in [2.05, 4.69) is 5.32 Å². The van der Waals surface area contributed by atoms with Crippen molar-refractivity contribution in [2.75, 3.05) is 31.6 Å². The Morgan fingerprint density at radius 3 is 2.51 bits per heavy atom. The Kier molecular flexibility index (Phi) is 11.0. The first-order valence-electron chi connectivity index (χ1n) is 14.4. The highest BCUT2D eigenvalue weighted by molar-refractivity contribution is 7.98. The van der Waals surface area contributed by atoms with Crippen LogP contribution in [0.5, 0.6) is 11.5 Å². The van der Waals surface area contributed by atoms with Crippen LogP contribution in [0.25, 0.3) is 0 Å². The van der Waals surface area contributed by atoms with Crippen LogP contribution in [-0.4, -0.2) is 63.9 Å². The number of ether oxygens (including phenoxy) is 3. The second-order valence-corrected chi connectivity index (χ2v) is 11.4. The zero-order chi connectivity index (χ0) is 31.1. The second-order valence-electron chi connectivity index (χ2n) is 10.1. The van der Waals surface area contributed by atoms with Crippen molar-refractivity contribution in [3.63, 3.8) is 0 Å². The zero-order valence-corrected chi connectivity index (χ0v) is 26.9. The Bertz CT molecular complexity index is 1490. The van der Waals surface area contributed by atoms with Gasteiger partial charge in [0.15, 0.2) is 18.1 Å². The quantitative estimate of drug-likeness (QED) is 0.177. The molecule has 230 valence electrons. The summed E-state index contributed by atoms with van der Waals surface area (Å²) in [6.45, 7) is 12.6. The number of aromatic nitrogens is 3. The fraction of sp³-hybridized carbons (Fsp3) is 0.419. The van der Waals surface area contributed by atoms with Crippen molar-refractivity contribution in [1.82, 2.24) is 19.7 Å². The number of carbonyl (C=O) groups excluding carboxylic acids is 2. The third kappa shape index (κ3) is 7.64. The summed E-state index contributed by atoms with van der Waals surface area (Å²) >= 11 is 7.81. The molecule has 1 aliphatic rings. The standard InChI is InChI=1S/C31H38ClN5O5S/c1-7-36(8-2)26(38)17-41-24-15-14-21(16-25(24)40-9-3)28-27(29(39)42-19(4)5)20(6)33-30-34-31(35-37(28)30)43-18-22-12-10-11-13-23(22)32/h10-16,19,28H,7-9,17-18H2,1-6H3,(H,33,34,35). The number of allylic oxidation sites excluding steroid dienone is 1. The number of rotatable bonds is 13. The molecule has 1 unspecified atom stereocenters. The predicted octanol–water partition coefficient (Wildman–Crippen LogP) is 6.11. The predicted molar refractivity (Wildman–Crippen MR) is 168 cm³/mol. The number of benzene rings is 2. The molecule has 0 fully saturated rings. The molecule has 0 saturated carbocycles. The Morgan fingerprint density at radius 2 is 1.84 bits per heavy atom. The summed E-state index contributed by atoms with van der Waals surface area (Å²) in [7, 11) is 0. The fourth-order valence-corrected chi connectivity index (χ4v) is 5.80. The minimum absolute atomic E-state index is 0.110. The molecule has 43 heavy (non-hydrogen) atoms. The molecule has 0 aliphatic carbocycles. The molecule has 1 N–H and O–H groups in total. The van der Waals surface area contributed by atoms with Crippen molar-refractivity contribution >= 4 is 41.2 Å². The summed E-state index contributed by atoms with van der Waals surface area (Å²) in [6, 6.07) is 12.4. The van der Waals surface area contributed by atoms with Gasteiger partial charge < -0.3 is 24.4 Å². The van der Waals surface area contributed by atoms with Crippen molar-refractivity contribution in [3.05, 3.63) is 69.9 Å². The van der Waals surface area contributed by atoms with Crippen molar-refractivity contribution in [2.45, 2.75) is 64.6 Å². The molecule has 10 nitrogen and oxygen atoms in total. The molecule has 1 aliphatic heterocycles.